The summed E-state index contributed by atoms with van der Waals surface area (Å²) in [5.41, 5.74) is 3.01. The number of carbonyl (C=O) groups is 1. The van der Waals surface area contributed by atoms with Crippen molar-refractivity contribution in [3.05, 3.63) is 58.2 Å². The summed E-state index contributed by atoms with van der Waals surface area (Å²) < 4.78 is 11.6. The average Bonchev–Trinajstić information content (AvgIpc) is 3.40. The molecule has 1 aromatic heterocycles. The number of phenols is 1. The van der Waals surface area contributed by atoms with E-state index in [4.69, 9.17) is 21.1 Å². The molecule has 2 aromatic carbocycles. The van der Waals surface area contributed by atoms with Crippen LogP contribution in [0.1, 0.15) is 73.6 Å². The second-order valence-electron chi connectivity index (χ2n) is 8.74. The Morgan fingerprint density at radius 2 is 1.91 bits per heavy atom. The van der Waals surface area contributed by atoms with Crippen molar-refractivity contribution in [1.82, 2.24) is 15.1 Å². The molecule has 1 aliphatic heterocycles. The molecule has 35 heavy (non-hydrogen) atoms. The van der Waals surface area contributed by atoms with Crippen LogP contribution in [0.25, 0.3) is 11.3 Å². The van der Waals surface area contributed by atoms with Crippen LogP contribution in [0.2, 0.25) is 5.02 Å². The van der Waals surface area contributed by atoms with Gasteiger partial charge in [0.1, 0.15) is 17.1 Å². The zero-order chi connectivity index (χ0) is 24.9. The van der Waals surface area contributed by atoms with Gasteiger partial charge in [-0.05, 0) is 48.7 Å². The number of rotatable bonds is 11. The molecular formula is C27H32ClN3O4. The van der Waals surface area contributed by atoms with Gasteiger partial charge in [0.25, 0.3) is 5.91 Å². The predicted molar refractivity (Wildman–Crippen MR) is 136 cm³/mol. The van der Waals surface area contributed by atoms with Crippen LogP contribution >= 0.6 is 11.6 Å². The lowest BCUT2D eigenvalue weighted by molar-refractivity contribution is 0.0743. The van der Waals surface area contributed by atoms with E-state index >= 15 is 0 Å². The highest BCUT2D eigenvalue weighted by molar-refractivity contribution is 6.31. The van der Waals surface area contributed by atoms with Gasteiger partial charge >= 0.3 is 0 Å². The molecule has 2 heterocycles. The Morgan fingerprint density at radius 1 is 1.09 bits per heavy atom. The first-order valence-corrected chi connectivity index (χ1v) is 12.6. The van der Waals surface area contributed by atoms with Gasteiger partial charge < -0.3 is 19.5 Å². The second kappa shape index (κ2) is 11.0. The Kier molecular flexibility index (Phi) is 7.86. The zero-order valence-corrected chi connectivity index (χ0v) is 21.2. The van der Waals surface area contributed by atoms with Crippen LogP contribution in [-0.2, 0) is 0 Å². The van der Waals surface area contributed by atoms with E-state index in [1.807, 2.05) is 30.0 Å². The predicted octanol–water partition coefficient (Wildman–Crippen LogP) is 6.36. The largest absolute Gasteiger partial charge is 0.507 e. The van der Waals surface area contributed by atoms with Crippen LogP contribution in [0.3, 0.4) is 0 Å². The van der Waals surface area contributed by atoms with Crippen LogP contribution in [0, 0.1) is 0 Å². The molecule has 8 heteroatoms. The molecule has 1 amide bonds. The maximum Gasteiger partial charge on any atom is 0.273 e. The van der Waals surface area contributed by atoms with Crippen molar-refractivity contribution in [2.75, 3.05) is 20.3 Å². The SMILES string of the molecule is CCCCCCOc1ccc(C2c3c(-c4cc(Cl)ccc4O)n[nH]c3C(=O)N2CCC)cc1OC. The number of phenolic OH excluding ortho intramolecular Hbond substituents is 1. The van der Waals surface area contributed by atoms with Gasteiger partial charge in [0.2, 0.25) is 0 Å². The lowest BCUT2D eigenvalue weighted by Gasteiger charge is -2.26. The number of ether oxygens (including phenoxy) is 2. The number of aromatic hydroxyl groups is 1. The number of hydrogen-bond donors (Lipinski definition) is 2. The van der Waals surface area contributed by atoms with Gasteiger partial charge in [0, 0.05) is 22.7 Å². The summed E-state index contributed by atoms with van der Waals surface area (Å²) in [5.74, 6) is 1.22. The molecule has 1 atom stereocenters. The molecule has 0 aliphatic carbocycles. The minimum Gasteiger partial charge on any atom is -0.507 e. The highest BCUT2D eigenvalue weighted by atomic mass is 35.5. The number of nitrogens with one attached hydrogen (secondary N) is 1. The van der Waals surface area contributed by atoms with Crippen molar-refractivity contribution in [3.8, 4) is 28.5 Å². The molecule has 0 fully saturated rings. The number of nitrogens with zero attached hydrogens (tertiary/aromatic N) is 2. The highest BCUT2D eigenvalue weighted by Crippen LogP contribution is 2.46. The smallest absolute Gasteiger partial charge is 0.273 e. The van der Waals surface area contributed by atoms with E-state index in [2.05, 4.69) is 17.1 Å². The molecule has 1 aliphatic rings. The third kappa shape index (κ3) is 4.96. The summed E-state index contributed by atoms with van der Waals surface area (Å²) in [6.07, 6.45) is 5.30. The van der Waals surface area contributed by atoms with Gasteiger partial charge in [-0.15, -0.1) is 0 Å². The Bertz CT molecular complexity index is 1190. The summed E-state index contributed by atoms with van der Waals surface area (Å²) in [6.45, 7) is 5.42. The fourth-order valence-electron chi connectivity index (χ4n) is 4.60. The minimum absolute atomic E-state index is 0.0493. The van der Waals surface area contributed by atoms with Gasteiger partial charge in [-0.3, -0.25) is 9.89 Å². The molecule has 3 aromatic rings. The number of aromatic nitrogens is 2. The first kappa shape index (κ1) is 24.9. The van der Waals surface area contributed by atoms with E-state index < -0.39 is 6.04 Å². The number of unbranched alkanes of at least 4 members (excludes halogenated alkanes) is 3. The van der Waals surface area contributed by atoms with Crippen molar-refractivity contribution in [3.63, 3.8) is 0 Å². The van der Waals surface area contributed by atoms with Gasteiger partial charge in [0.05, 0.1) is 19.8 Å². The molecule has 0 radical (unpaired) electrons. The van der Waals surface area contributed by atoms with Crippen LogP contribution < -0.4 is 9.47 Å². The van der Waals surface area contributed by atoms with E-state index in [-0.39, 0.29) is 11.7 Å². The minimum atomic E-state index is -0.392. The standard InChI is InChI=1S/C27H32ClN3O4/c1-4-6-7-8-14-35-21-12-9-17(15-22(21)34-3)26-23-24(19-16-18(28)10-11-20(19)32)29-30-25(23)27(33)31(26)13-5-2/h9-12,15-16,26,32H,4-8,13-14H2,1-3H3,(H,29,30). The topological polar surface area (TPSA) is 87.7 Å². The van der Waals surface area contributed by atoms with E-state index in [1.165, 1.54) is 18.9 Å². The number of halogens is 1. The van der Waals surface area contributed by atoms with Crippen molar-refractivity contribution < 1.29 is 19.4 Å². The van der Waals surface area contributed by atoms with Crippen molar-refractivity contribution in [2.45, 2.75) is 52.0 Å². The van der Waals surface area contributed by atoms with Crippen LogP contribution in [0.15, 0.2) is 36.4 Å². The first-order chi connectivity index (χ1) is 17.0. The lowest BCUT2D eigenvalue weighted by atomic mass is 9.95. The number of methoxy groups -OCH3 is 1. The van der Waals surface area contributed by atoms with Gasteiger partial charge in [-0.2, -0.15) is 5.10 Å². The summed E-state index contributed by atoms with van der Waals surface area (Å²) in [4.78, 5) is 15.2. The Morgan fingerprint density at radius 3 is 2.66 bits per heavy atom. The first-order valence-electron chi connectivity index (χ1n) is 12.2. The van der Waals surface area contributed by atoms with E-state index in [1.54, 1.807) is 19.2 Å². The van der Waals surface area contributed by atoms with Crippen molar-refractivity contribution >= 4 is 17.5 Å². The van der Waals surface area contributed by atoms with E-state index in [0.29, 0.717) is 46.6 Å². The molecule has 0 saturated carbocycles. The number of aromatic amines is 1. The van der Waals surface area contributed by atoms with Gasteiger partial charge in [0.15, 0.2) is 11.5 Å². The Hall–Kier alpha value is -3.19. The molecule has 4 rings (SSSR count). The van der Waals surface area contributed by atoms with Crippen molar-refractivity contribution in [1.29, 1.82) is 0 Å². The van der Waals surface area contributed by atoms with E-state index in [9.17, 15) is 9.90 Å². The number of H-pyrrole nitrogens is 1. The van der Waals surface area contributed by atoms with Gasteiger partial charge in [-0.25, -0.2) is 0 Å². The number of amides is 1. The average molecular weight is 498 g/mol. The molecule has 7 nitrogen and oxygen atoms in total. The third-order valence-electron chi connectivity index (χ3n) is 6.30. The maximum absolute atomic E-state index is 13.3. The highest BCUT2D eigenvalue weighted by Gasteiger charge is 2.42. The number of carbonyl (C=O) groups excluding carboxylic acids is 1. The van der Waals surface area contributed by atoms with Crippen LogP contribution in [-0.4, -0.2) is 46.4 Å². The summed E-state index contributed by atoms with van der Waals surface area (Å²) in [6, 6.07) is 10.2. The summed E-state index contributed by atoms with van der Waals surface area (Å²) in [7, 11) is 1.62. The maximum atomic E-state index is 13.3. The Balaban J connectivity index is 1.73. The van der Waals surface area contributed by atoms with E-state index in [0.717, 1.165) is 30.4 Å². The molecule has 0 saturated heterocycles. The Labute approximate surface area is 211 Å². The van der Waals surface area contributed by atoms with Crippen LogP contribution in [0.4, 0.5) is 0 Å². The number of hydrogen-bond acceptors (Lipinski definition) is 5. The molecule has 0 bridgehead atoms. The monoisotopic (exact) mass is 497 g/mol. The van der Waals surface area contributed by atoms with Crippen molar-refractivity contribution in [2.24, 2.45) is 0 Å². The quantitative estimate of drug-likeness (QED) is 0.301. The van der Waals surface area contributed by atoms with Crippen LogP contribution in [0.5, 0.6) is 17.2 Å². The molecular weight excluding hydrogens is 466 g/mol. The third-order valence-corrected chi connectivity index (χ3v) is 6.54. The van der Waals surface area contributed by atoms with Gasteiger partial charge in [-0.1, -0.05) is 50.8 Å². The second-order valence-corrected chi connectivity index (χ2v) is 9.18. The number of benzene rings is 2. The summed E-state index contributed by atoms with van der Waals surface area (Å²) in [5, 5.41) is 18.3. The molecule has 186 valence electrons. The zero-order valence-electron chi connectivity index (χ0n) is 20.4. The lowest BCUT2D eigenvalue weighted by Crippen LogP contribution is -2.30. The normalized spacial score (nSPS) is 14.9. The molecule has 1 unspecified atom stereocenters. The summed E-state index contributed by atoms with van der Waals surface area (Å²) >= 11 is 6.21. The molecule has 0 spiro atoms. The fraction of sp³-hybridized carbons (Fsp3) is 0.407. The molecule has 2 N–H and O–H groups in total. The fourth-order valence-corrected chi connectivity index (χ4v) is 4.77. The number of fused-ring (bicyclic) bond motifs is 1.